The molecule has 8 bridgehead atoms. The molecular formula is C58H74O10. The van der Waals surface area contributed by atoms with Crippen LogP contribution in [0.15, 0.2) is 48.5 Å². The molecule has 2 aliphatic rings. The number of rotatable bonds is 14. The van der Waals surface area contributed by atoms with E-state index in [0.717, 1.165) is 66.8 Å². The van der Waals surface area contributed by atoms with Gasteiger partial charge in [-0.2, -0.15) is 0 Å². The Morgan fingerprint density at radius 3 is 1.03 bits per heavy atom. The van der Waals surface area contributed by atoms with Crippen LogP contribution in [0.4, 0.5) is 0 Å². The zero-order valence-electron chi connectivity index (χ0n) is 43.6. The molecule has 0 aromatic heterocycles. The fraction of sp³-hybridized carbons (Fsp3) is 0.517. The second-order valence-corrected chi connectivity index (χ2v) is 22.8. The first-order chi connectivity index (χ1) is 31.6. The van der Waals surface area contributed by atoms with Gasteiger partial charge in [-0.1, -0.05) is 132 Å². The lowest BCUT2D eigenvalue weighted by Gasteiger charge is -2.38. The van der Waals surface area contributed by atoms with Gasteiger partial charge < -0.3 is 28.4 Å². The Labute approximate surface area is 404 Å². The number of hydrogen-bond acceptors (Lipinski definition) is 10. The van der Waals surface area contributed by atoms with Gasteiger partial charge in [0, 0.05) is 29.5 Å². The number of esters is 2. The standard InChI is InChI=1S/C58H74O10/c1-17-63-48(61)32-67-52-39-20-37-22-41(54(5,6)7)21-36(50(37)65-30-34(3)59)19-38-23-42(55(8,9)10)26-45(51(38)66-31-35(4)60)58(46(52)27-43(24-39)56(11,12)13)29-40-25-44(57(14,15)16)28-47(58)53(40)68-33-49(62)64-18-2/h21-28H,17-20,29-33H2,1-16H3. The van der Waals surface area contributed by atoms with Crippen molar-refractivity contribution in [2.24, 2.45) is 0 Å². The second kappa shape index (κ2) is 19.4. The van der Waals surface area contributed by atoms with E-state index < -0.39 is 28.2 Å². The van der Waals surface area contributed by atoms with Crippen LogP contribution in [-0.4, -0.2) is 63.1 Å². The maximum atomic E-state index is 13.5. The number of carbonyl (C=O) groups is 4. The highest BCUT2D eigenvalue weighted by molar-refractivity contribution is 5.79. The predicted molar refractivity (Wildman–Crippen MR) is 266 cm³/mol. The molecule has 0 saturated carbocycles. The summed E-state index contributed by atoms with van der Waals surface area (Å²) in [4.78, 5) is 52.6. The molecule has 0 amide bonds. The van der Waals surface area contributed by atoms with Gasteiger partial charge in [-0.25, -0.2) is 9.59 Å². The van der Waals surface area contributed by atoms with Crippen LogP contribution < -0.4 is 18.9 Å². The highest BCUT2D eigenvalue weighted by atomic mass is 16.6. The largest absolute Gasteiger partial charge is 0.485 e. The summed E-state index contributed by atoms with van der Waals surface area (Å²) in [5.41, 5.74) is 8.11. The zero-order chi connectivity index (χ0) is 50.3. The summed E-state index contributed by atoms with van der Waals surface area (Å²) in [5.74, 6) is 0.835. The van der Waals surface area contributed by atoms with Crippen LogP contribution in [0.5, 0.6) is 23.0 Å². The molecule has 68 heavy (non-hydrogen) atoms. The number of ketones is 2. The summed E-state index contributed by atoms with van der Waals surface area (Å²) in [7, 11) is 0. The smallest absolute Gasteiger partial charge is 0.344 e. The Balaban J connectivity index is 1.94. The van der Waals surface area contributed by atoms with Crippen molar-refractivity contribution in [2.75, 3.05) is 39.6 Å². The van der Waals surface area contributed by atoms with E-state index in [0.29, 0.717) is 42.3 Å². The molecule has 0 fully saturated rings. The average Bonchev–Trinajstić information content (AvgIpc) is 3.39. The molecule has 0 saturated heterocycles. The molecule has 6 rings (SSSR count). The highest BCUT2D eigenvalue weighted by Gasteiger charge is 2.51. The fourth-order valence-electron chi connectivity index (χ4n) is 9.29. The monoisotopic (exact) mass is 931 g/mol. The molecule has 0 heterocycles. The van der Waals surface area contributed by atoms with E-state index in [2.05, 4.69) is 132 Å². The van der Waals surface area contributed by atoms with E-state index in [9.17, 15) is 19.2 Å². The van der Waals surface area contributed by atoms with E-state index in [-0.39, 0.29) is 62.0 Å². The minimum atomic E-state index is -1.16. The van der Waals surface area contributed by atoms with Crippen LogP contribution in [0.1, 0.15) is 178 Å². The molecular weight excluding hydrogens is 857 g/mol. The third-order valence-electron chi connectivity index (χ3n) is 12.9. The molecule has 4 aromatic carbocycles. The first-order valence-corrected chi connectivity index (χ1v) is 24.1. The van der Waals surface area contributed by atoms with Crippen LogP contribution in [0.3, 0.4) is 0 Å². The quantitative estimate of drug-likeness (QED) is 0.113. The Morgan fingerprint density at radius 1 is 0.426 bits per heavy atom. The van der Waals surface area contributed by atoms with E-state index >= 15 is 0 Å². The second-order valence-electron chi connectivity index (χ2n) is 22.8. The number of ether oxygens (including phenoxy) is 6. The molecule has 1 spiro atoms. The molecule has 1 unspecified atom stereocenters. The Hall–Kier alpha value is -5.64. The van der Waals surface area contributed by atoms with Crippen molar-refractivity contribution in [3.05, 3.63) is 115 Å². The Morgan fingerprint density at radius 2 is 0.706 bits per heavy atom. The lowest BCUT2D eigenvalue weighted by Crippen LogP contribution is -2.33. The SMILES string of the molecule is CCOC(=O)COc1c2cc(C(C)(C)C)cc1C1(Cc3cc(C(C)(C)C)cc1c3OCC(=O)OCC)c1cc(C(C)(C)C)cc(c1OCC(C)=O)Cc1cc(C(C)(C)C)cc(c1OCC(C)=O)C2. The van der Waals surface area contributed by atoms with Crippen molar-refractivity contribution < 1.29 is 47.6 Å². The minimum absolute atomic E-state index is 0.124. The molecule has 0 N–H and O–H groups in total. The van der Waals surface area contributed by atoms with Gasteiger partial charge in [0.15, 0.2) is 24.8 Å². The van der Waals surface area contributed by atoms with Gasteiger partial charge in [0.05, 0.1) is 18.6 Å². The van der Waals surface area contributed by atoms with E-state index in [1.807, 2.05) is 0 Å². The summed E-state index contributed by atoms with van der Waals surface area (Å²) < 4.78 is 38.1. The molecule has 1 atom stereocenters. The zero-order valence-corrected chi connectivity index (χ0v) is 43.6. The summed E-state index contributed by atoms with van der Waals surface area (Å²) in [6.45, 7) is 32.0. The molecule has 2 aliphatic carbocycles. The van der Waals surface area contributed by atoms with Crippen molar-refractivity contribution in [1.29, 1.82) is 0 Å². The number of hydrogen-bond donors (Lipinski definition) is 0. The van der Waals surface area contributed by atoms with Crippen molar-refractivity contribution in [1.82, 2.24) is 0 Å². The van der Waals surface area contributed by atoms with Crippen molar-refractivity contribution in [3.63, 3.8) is 0 Å². The summed E-state index contributed by atoms with van der Waals surface area (Å²) in [6, 6.07) is 17.4. The van der Waals surface area contributed by atoms with Gasteiger partial charge in [0.1, 0.15) is 36.2 Å². The lowest BCUT2D eigenvalue weighted by atomic mass is 9.65. The molecule has 10 nitrogen and oxygen atoms in total. The van der Waals surface area contributed by atoms with Gasteiger partial charge in [-0.05, 0) is 106 Å². The molecule has 0 aliphatic heterocycles. The third-order valence-corrected chi connectivity index (χ3v) is 12.9. The number of Topliss-reactive ketones (excluding diaryl/α,β-unsaturated/α-hetero) is 2. The summed E-state index contributed by atoms with van der Waals surface area (Å²) >= 11 is 0. The maximum Gasteiger partial charge on any atom is 0.344 e. The topological polar surface area (TPSA) is 124 Å². The molecule has 10 heteroatoms. The van der Waals surface area contributed by atoms with Gasteiger partial charge in [0.2, 0.25) is 0 Å². The normalized spacial score (nSPS) is 15.5. The van der Waals surface area contributed by atoms with Crippen LogP contribution in [0, 0.1) is 0 Å². The van der Waals surface area contributed by atoms with Gasteiger partial charge in [-0.3, -0.25) is 9.59 Å². The van der Waals surface area contributed by atoms with Crippen LogP contribution >= 0.6 is 0 Å². The molecule has 4 aromatic rings. The third kappa shape index (κ3) is 11.0. The maximum absolute atomic E-state index is 13.5. The number of fused-ring (bicyclic) bond motifs is 11. The number of benzene rings is 4. The average molecular weight is 931 g/mol. The van der Waals surface area contributed by atoms with Crippen molar-refractivity contribution >= 4 is 23.5 Å². The highest BCUT2D eigenvalue weighted by Crippen LogP contribution is 2.60. The van der Waals surface area contributed by atoms with E-state index in [4.69, 9.17) is 28.4 Å². The van der Waals surface area contributed by atoms with Gasteiger partial charge in [0.25, 0.3) is 0 Å². The van der Waals surface area contributed by atoms with Crippen molar-refractivity contribution in [2.45, 2.75) is 157 Å². The van der Waals surface area contributed by atoms with Gasteiger partial charge in [-0.15, -0.1) is 0 Å². The van der Waals surface area contributed by atoms with E-state index in [1.54, 1.807) is 13.8 Å². The first kappa shape index (κ1) is 51.7. The van der Waals surface area contributed by atoms with Crippen molar-refractivity contribution in [3.8, 4) is 23.0 Å². The first-order valence-electron chi connectivity index (χ1n) is 24.1. The van der Waals surface area contributed by atoms with Crippen LogP contribution in [0.2, 0.25) is 0 Å². The van der Waals surface area contributed by atoms with E-state index in [1.165, 1.54) is 13.8 Å². The molecule has 366 valence electrons. The Kier molecular flexibility index (Phi) is 14.8. The Bertz CT molecular complexity index is 2610. The predicted octanol–water partition coefficient (Wildman–Crippen LogP) is 11.1. The summed E-state index contributed by atoms with van der Waals surface area (Å²) in [5, 5.41) is 0. The minimum Gasteiger partial charge on any atom is -0.485 e. The van der Waals surface area contributed by atoms with Gasteiger partial charge >= 0.3 is 11.9 Å². The fourth-order valence-corrected chi connectivity index (χ4v) is 9.29. The van der Waals surface area contributed by atoms with Crippen LogP contribution in [0.25, 0.3) is 0 Å². The lowest BCUT2D eigenvalue weighted by molar-refractivity contribution is -0.146. The van der Waals surface area contributed by atoms with Crippen LogP contribution in [-0.2, 0) is 75.0 Å². The molecule has 0 radical (unpaired) electrons. The number of carbonyl (C=O) groups excluding carboxylic acids is 4. The summed E-state index contributed by atoms with van der Waals surface area (Å²) in [6.07, 6.45) is 1.02.